The molecular formula is C21H34OSSi. The topological polar surface area (TPSA) is 9.23 Å². The van der Waals surface area contributed by atoms with Crippen molar-refractivity contribution < 1.29 is 4.43 Å². The molecule has 0 amide bonds. The van der Waals surface area contributed by atoms with Crippen molar-refractivity contribution in [1.82, 2.24) is 0 Å². The highest BCUT2D eigenvalue weighted by molar-refractivity contribution is 8.00. The van der Waals surface area contributed by atoms with Gasteiger partial charge in [-0.05, 0) is 62.4 Å². The SMILES string of the molecule is CC1=CC[C@H](Sc2ccccc2)[C@@H](CCO[Si](C)(C)C(C)(C)C)C1. The van der Waals surface area contributed by atoms with Gasteiger partial charge in [0.25, 0.3) is 0 Å². The Bertz CT molecular complexity index is 545. The fourth-order valence-electron chi connectivity index (χ4n) is 2.93. The van der Waals surface area contributed by atoms with Crippen molar-refractivity contribution in [2.75, 3.05) is 6.61 Å². The molecule has 0 unspecified atom stereocenters. The first-order valence-corrected chi connectivity index (χ1v) is 13.0. The molecule has 0 fully saturated rings. The second-order valence-corrected chi connectivity index (χ2v) is 14.7. The van der Waals surface area contributed by atoms with Crippen LogP contribution in [0.15, 0.2) is 46.9 Å². The molecule has 2 atom stereocenters. The van der Waals surface area contributed by atoms with E-state index in [0.29, 0.717) is 10.3 Å². The molecule has 2 rings (SSSR count). The van der Waals surface area contributed by atoms with Crippen LogP contribution in [-0.2, 0) is 4.43 Å². The van der Waals surface area contributed by atoms with E-state index in [1.807, 2.05) is 11.8 Å². The Morgan fingerprint density at radius 2 is 1.83 bits per heavy atom. The number of thioether (sulfide) groups is 1. The zero-order valence-corrected chi connectivity index (χ0v) is 18.1. The van der Waals surface area contributed by atoms with Crippen molar-refractivity contribution in [2.45, 2.75) is 75.2 Å². The highest BCUT2D eigenvalue weighted by Gasteiger charge is 2.37. The van der Waals surface area contributed by atoms with E-state index >= 15 is 0 Å². The lowest BCUT2D eigenvalue weighted by Gasteiger charge is -2.37. The lowest BCUT2D eigenvalue weighted by molar-refractivity contribution is 0.250. The highest BCUT2D eigenvalue weighted by Crippen LogP contribution is 2.40. The van der Waals surface area contributed by atoms with Gasteiger partial charge in [0.05, 0.1) is 0 Å². The zero-order chi connectivity index (χ0) is 17.8. The first kappa shape index (κ1) is 19.8. The fourth-order valence-corrected chi connectivity index (χ4v) is 5.27. The van der Waals surface area contributed by atoms with Gasteiger partial charge >= 0.3 is 0 Å². The third kappa shape index (κ3) is 5.50. The van der Waals surface area contributed by atoms with Crippen molar-refractivity contribution in [1.29, 1.82) is 0 Å². The van der Waals surface area contributed by atoms with Gasteiger partial charge in [-0.25, -0.2) is 0 Å². The molecule has 24 heavy (non-hydrogen) atoms. The predicted octanol–water partition coefficient (Wildman–Crippen LogP) is 6.92. The van der Waals surface area contributed by atoms with Crippen LogP contribution in [0.3, 0.4) is 0 Å². The van der Waals surface area contributed by atoms with Gasteiger partial charge in [0.1, 0.15) is 0 Å². The predicted molar refractivity (Wildman–Crippen MR) is 110 cm³/mol. The number of rotatable bonds is 6. The van der Waals surface area contributed by atoms with Crippen molar-refractivity contribution in [2.24, 2.45) is 5.92 Å². The molecule has 1 aromatic carbocycles. The minimum atomic E-state index is -1.62. The van der Waals surface area contributed by atoms with Crippen LogP contribution in [0.4, 0.5) is 0 Å². The summed E-state index contributed by atoms with van der Waals surface area (Å²) in [4.78, 5) is 1.39. The summed E-state index contributed by atoms with van der Waals surface area (Å²) in [5.41, 5.74) is 1.55. The van der Waals surface area contributed by atoms with E-state index in [4.69, 9.17) is 4.43 Å². The van der Waals surface area contributed by atoms with E-state index in [1.165, 1.54) is 24.2 Å². The molecule has 134 valence electrons. The summed E-state index contributed by atoms with van der Waals surface area (Å²) in [6, 6.07) is 10.8. The number of allylic oxidation sites excluding steroid dienone is 2. The van der Waals surface area contributed by atoms with Gasteiger partial charge in [-0.1, -0.05) is 50.6 Å². The number of hydrogen-bond acceptors (Lipinski definition) is 2. The molecule has 0 saturated carbocycles. The van der Waals surface area contributed by atoms with Crippen LogP contribution in [0.2, 0.25) is 18.1 Å². The van der Waals surface area contributed by atoms with Gasteiger partial charge in [-0.2, -0.15) is 0 Å². The van der Waals surface area contributed by atoms with Crippen LogP contribution < -0.4 is 0 Å². The summed E-state index contributed by atoms with van der Waals surface area (Å²) >= 11 is 2.05. The monoisotopic (exact) mass is 362 g/mol. The minimum absolute atomic E-state index is 0.299. The molecule has 1 aliphatic carbocycles. The van der Waals surface area contributed by atoms with E-state index in [1.54, 1.807) is 5.57 Å². The van der Waals surface area contributed by atoms with E-state index in [-0.39, 0.29) is 0 Å². The number of benzene rings is 1. The van der Waals surface area contributed by atoms with Gasteiger partial charge in [0.15, 0.2) is 8.32 Å². The van der Waals surface area contributed by atoms with E-state index in [9.17, 15) is 0 Å². The Balaban J connectivity index is 1.94. The summed E-state index contributed by atoms with van der Waals surface area (Å²) in [6.45, 7) is 14.9. The lowest BCUT2D eigenvalue weighted by Crippen LogP contribution is -2.41. The normalized spacial score (nSPS) is 22.3. The molecule has 0 saturated heterocycles. The van der Waals surface area contributed by atoms with Crippen LogP contribution >= 0.6 is 11.8 Å². The molecular weight excluding hydrogens is 328 g/mol. The average Bonchev–Trinajstić information content (AvgIpc) is 2.49. The Morgan fingerprint density at radius 3 is 2.46 bits per heavy atom. The Hall–Kier alpha value is -0.513. The van der Waals surface area contributed by atoms with Crippen LogP contribution in [0.25, 0.3) is 0 Å². The summed E-state index contributed by atoms with van der Waals surface area (Å²) < 4.78 is 6.44. The summed E-state index contributed by atoms with van der Waals surface area (Å²) in [6.07, 6.45) is 6.04. The summed E-state index contributed by atoms with van der Waals surface area (Å²) in [5, 5.41) is 0.979. The smallest absolute Gasteiger partial charge is 0.191 e. The molecule has 1 aromatic rings. The van der Waals surface area contributed by atoms with Crippen LogP contribution in [0.5, 0.6) is 0 Å². The largest absolute Gasteiger partial charge is 0.417 e. The summed E-state index contributed by atoms with van der Waals surface area (Å²) in [7, 11) is -1.62. The zero-order valence-electron chi connectivity index (χ0n) is 16.3. The second kappa shape index (κ2) is 8.24. The van der Waals surface area contributed by atoms with Gasteiger partial charge in [-0.15, -0.1) is 11.8 Å². The Morgan fingerprint density at radius 1 is 1.17 bits per heavy atom. The van der Waals surface area contributed by atoms with Crippen molar-refractivity contribution >= 4 is 20.1 Å². The first-order valence-electron chi connectivity index (χ1n) is 9.20. The average molecular weight is 363 g/mol. The second-order valence-electron chi connectivity index (χ2n) is 8.62. The highest BCUT2D eigenvalue weighted by atomic mass is 32.2. The molecule has 0 aliphatic heterocycles. The van der Waals surface area contributed by atoms with Gasteiger partial charge in [-0.3, -0.25) is 0 Å². The standard InChI is InChI=1S/C21H34OSSi/c1-17-12-13-20(23-19-10-8-7-9-11-19)18(16-17)14-15-22-24(5,6)21(2,3)4/h7-12,18,20H,13-16H2,1-6H3/t18-,20-/m0/s1. The quantitative estimate of drug-likeness (QED) is 0.401. The molecule has 0 bridgehead atoms. The maximum atomic E-state index is 6.44. The Kier molecular flexibility index (Phi) is 6.80. The van der Waals surface area contributed by atoms with E-state index < -0.39 is 8.32 Å². The van der Waals surface area contributed by atoms with Crippen LogP contribution in [-0.4, -0.2) is 20.2 Å². The summed E-state index contributed by atoms with van der Waals surface area (Å²) in [5.74, 6) is 0.727. The third-order valence-electron chi connectivity index (χ3n) is 5.60. The third-order valence-corrected chi connectivity index (χ3v) is 11.6. The Labute approximate surface area is 154 Å². The first-order chi connectivity index (χ1) is 11.2. The molecule has 0 N–H and O–H groups in total. The lowest BCUT2D eigenvalue weighted by atomic mass is 9.87. The molecule has 1 aliphatic rings. The minimum Gasteiger partial charge on any atom is -0.417 e. The van der Waals surface area contributed by atoms with Crippen molar-refractivity contribution in [3.05, 3.63) is 42.0 Å². The maximum Gasteiger partial charge on any atom is 0.191 e. The molecule has 1 nitrogen and oxygen atoms in total. The fraction of sp³-hybridized carbons (Fsp3) is 0.619. The number of hydrogen-bond donors (Lipinski definition) is 0. The maximum absolute atomic E-state index is 6.44. The van der Waals surface area contributed by atoms with Crippen molar-refractivity contribution in [3.8, 4) is 0 Å². The van der Waals surface area contributed by atoms with Crippen LogP contribution in [0, 0.1) is 5.92 Å². The molecule has 0 radical (unpaired) electrons. The van der Waals surface area contributed by atoms with Crippen LogP contribution in [0.1, 0.15) is 47.0 Å². The van der Waals surface area contributed by atoms with Gasteiger partial charge in [0, 0.05) is 16.8 Å². The van der Waals surface area contributed by atoms with E-state index in [0.717, 1.165) is 12.5 Å². The van der Waals surface area contributed by atoms with Gasteiger partial charge in [0.2, 0.25) is 0 Å². The van der Waals surface area contributed by atoms with Crippen molar-refractivity contribution in [3.63, 3.8) is 0 Å². The molecule has 0 aromatic heterocycles. The van der Waals surface area contributed by atoms with Gasteiger partial charge < -0.3 is 4.43 Å². The van der Waals surface area contributed by atoms with E-state index in [2.05, 4.69) is 77.2 Å². The molecule has 0 spiro atoms. The molecule has 0 heterocycles. The molecule has 3 heteroatoms.